The summed E-state index contributed by atoms with van der Waals surface area (Å²) in [6.07, 6.45) is -0.747. The summed E-state index contributed by atoms with van der Waals surface area (Å²) in [5, 5.41) is 17.9. The van der Waals surface area contributed by atoms with Crippen LogP contribution in [0.2, 0.25) is 0 Å². The Morgan fingerprint density at radius 1 is 1.56 bits per heavy atom. The van der Waals surface area contributed by atoms with E-state index in [1.807, 2.05) is 0 Å². The summed E-state index contributed by atoms with van der Waals surface area (Å²) < 4.78 is 0. The van der Waals surface area contributed by atoms with Crippen LogP contribution >= 0.6 is 11.8 Å². The molecule has 0 amide bonds. The van der Waals surface area contributed by atoms with Crippen molar-refractivity contribution < 1.29 is 15.0 Å². The molecule has 1 rings (SSSR count). The first-order valence-corrected chi connectivity index (χ1v) is 5.85. The van der Waals surface area contributed by atoms with Gasteiger partial charge in [-0.1, -0.05) is 0 Å². The van der Waals surface area contributed by atoms with Gasteiger partial charge in [-0.25, -0.2) is 0 Å². The lowest BCUT2D eigenvalue weighted by molar-refractivity contribution is 0.101. The van der Waals surface area contributed by atoms with Crippen molar-refractivity contribution in [2.45, 2.75) is 17.9 Å². The molecule has 0 radical (unpaired) electrons. The second-order valence-corrected chi connectivity index (χ2v) is 4.55. The van der Waals surface area contributed by atoms with Gasteiger partial charge < -0.3 is 15.9 Å². The van der Waals surface area contributed by atoms with E-state index in [-0.39, 0.29) is 12.4 Å². The zero-order valence-electron chi connectivity index (χ0n) is 9.01. The maximum atomic E-state index is 11.2. The number of carbonyl (C=O) groups is 1. The average Bonchev–Trinajstić information content (AvgIpc) is 2.27. The minimum absolute atomic E-state index is 0.0809. The summed E-state index contributed by atoms with van der Waals surface area (Å²) in [5.74, 6) is 0.306. The lowest BCUT2D eigenvalue weighted by Gasteiger charge is -2.08. The molecule has 0 saturated heterocycles. The first kappa shape index (κ1) is 13.0. The highest BCUT2D eigenvalue weighted by atomic mass is 32.2. The molecule has 16 heavy (non-hydrogen) atoms. The average molecular weight is 241 g/mol. The van der Waals surface area contributed by atoms with E-state index >= 15 is 0 Å². The molecule has 1 aromatic carbocycles. The first-order valence-electron chi connectivity index (χ1n) is 4.86. The molecule has 4 N–H and O–H groups in total. The van der Waals surface area contributed by atoms with E-state index in [4.69, 9.17) is 10.8 Å². The number of Topliss-reactive ketones (excluding diaryl/α,β-unsaturated/α-hetero) is 1. The van der Waals surface area contributed by atoms with Gasteiger partial charge in [0.15, 0.2) is 5.78 Å². The fourth-order valence-corrected chi connectivity index (χ4v) is 2.03. The molecule has 0 aromatic heterocycles. The van der Waals surface area contributed by atoms with Crippen LogP contribution in [0.3, 0.4) is 0 Å². The van der Waals surface area contributed by atoms with E-state index in [0.717, 1.165) is 4.90 Å². The zero-order chi connectivity index (χ0) is 12.1. The third-order valence-corrected chi connectivity index (χ3v) is 3.20. The highest BCUT2D eigenvalue weighted by Gasteiger charge is 2.08. The molecule has 4 nitrogen and oxygen atoms in total. The largest absolute Gasteiger partial charge is 0.398 e. The molecule has 0 heterocycles. The van der Waals surface area contributed by atoms with Gasteiger partial charge in [-0.05, 0) is 25.1 Å². The Hall–Kier alpha value is -1.04. The number of benzene rings is 1. The molecular formula is C11H15NO3S. The SMILES string of the molecule is CC(=O)c1cc(SCC(O)CO)ccc1N. The second-order valence-electron chi connectivity index (χ2n) is 3.45. The number of hydrogen-bond donors (Lipinski definition) is 3. The smallest absolute Gasteiger partial charge is 0.161 e. The molecule has 0 aliphatic heterocycles. The lowest BCUT2D eigenvalue weighted by atomic mass is 10.1. The molecule has 5 heteroatoms. The van der Waals surface area contributed by atoms with Gasteiger partial charge in [-0.3, -0.25) is 4.79 Å². The highest BCUT2D eigenvalue weighted by Crippen LogP contribution is 2.23. The fraction of sp³-hybridized carbons (Fsp3) is 0.364. The predicted octanol–water partition coefficient (Wildman–Crippen LogP) is 0.917. The van der Waals surface area contributed by atoms with Gasteiger partial charge in [0.1, 0.15) is 0 Å². The summed E-state index contributed by atoms with van der Waals surface area (Å²) in [6, 6.07) is 5.16. The number of carbonyl (C=O) groups excluding carboxylic acids is 1. The maximum absolute atomic E-state index is 11.2. The maximum Gasteiger partial charge on any atom is 0.161 e. The van der Waals surface area contributed by atoms with E-state index in [0.29, 0.717) is 17.0 Å². The Balaban J connectivity index is 2.75. The normalized spacial score (nSPS) is 12.4. The lowest BCUT2D eigenvalue weighted by Crippen LogP contribution is -2.14. The Morgan fingerprint density at radius 3 is 2.81 bits per heavy atom. The molecule has 0 saturated carbocycles. The number of aliphatic hydroxyl groups excluding tert-OH is 2. The number of aliphatic hydroxyl groups is 2. The van der Waals surface area contributed by atoms with Crippen LogP contribution in [-0.2, 0) is 0 Å². The monoisotopic (exact) mass is 241 g/mol. The molecule has 0 fully saturated rings. The van der Waals surface area contributed by atoms with Gasteiger partial charge in [0.05, 0.1) is 12.7 Å². The van der Waals surface area contributed by atoms with E-state index in [1.165, 1.54) is 18.7 Å². The first-order chi connectivity index (χ1) is 7.54. The van der Waals surface area contributed by atoms with Crippen LogP contribution in [0.25, 0.3) is 0 Å². The van der Waals surface area contributed by atoms with Crippen LogP contribution in [0.5, 0.6) is 0 Å². The van der Waals surface area contributed by atoms with Crippen molar-refractivity contribution in [3.63, 3.8) is 0 Å². The third kappa shape index (κ3) is 3.52. The molecule has 1 unspecified atom stereocenters. The number of hydrogen-bond acceptors (Lipinski definition) is 5. The number of nitrogen functional groups attached to an aromatic ring is 1. The topological polar surface area (TPSA) is 83.5 Å². The van der Waals surface area contributed by atoms with Gasteiger partial charge >= 0.3 is 0 Å². The number of nitrogens with two attached hydrogens (primary N) is 1. The molecule has 0 bridgehead atoms. The van der Waals surface area contributed by atoms with E-state index in [9.17, 15) is 9.90 Å². The van der Waals surface area contributed by atoms with Gasteiger partial charge in [0.2, 0.25) is 0 Å². The second kappa shape index (κ2) is 5.89. The van der Waals surface area contributed by atoms with Crippen molar-refractivity contribution in [1.82, 2.24) is 0 Å². The fourth-order valence-electron chi connectivity index (χ4n) is 1.18. The molecule has 0 aliphatic carbocycles. The van der Waals surface area contributed by atoms with Gasteiger partial charge in [-0.2, -0.15) is 0 Å². The number of rotatable bonds is 5. The minimum atomic E-state index is -0.747. The Bertz CT molecular complexity index is 381. The zero-order valence-corrected chi connectivity index (χ0v) is 9.83. The van der Waals surface area contributed by atoms with Crippen LogP contribution < -0.4 is 5.73 Å². The number of thioether (sulfide) groups is 1. The van der Waals surface area contributed by atoms with Crippen molar-refractivity contribution in [1.29, 1.82) is 0 Å². The predicted molar refractivity (Wildman–Crippen MR) is 64.7 cm³/mol. The van der Waals surface area contributed by atoms with Crippen molar-refractivity contribution in [2.75, 3.05) is 18.1 Å². The van der Waals surface area contributed by atoms with Crippen molar-refractivity contribution in [2.24, 2.45) is 0 Å². The van der Waals surface area contributed by atoms with E-state index in [2.05, 4.69) is 0 Å². The van der Waals surface area contributed by atoms with Crippen molar-refractivity contribution in [3.05, 3.63) is 23.8 Å². The summed E-state index contributed by atoms with van der Waals surface area (Å²) in [4.78, 5) is 12.1. The van der Waals surface area contributed by atoms with Crippen molar-refractivity contribution in [3.8, 4) is 0 Å². The number of anilines is 1. The van der Waals surface area contributed by atoms with Gasteiger partial charge in [0.25, 0.3) is 0 Å². The Morgan fingerprint density at radius 2 is 2.25 bits per heavy atom. The van der Waals surface area contributed by atoms with Gasteiger partial charge in [-0.15, -0.1) is 11.8 Å². The van der Waals surface area contributed by atoms with E-state index < -0.39 is 6.10 Å². The summed E-state index contributed by atoms with van der Waals surface area (Å²) in [6.45, 7) is 1.20. The standard InChI is InChI=1S/C11H15NO3S/c1-7(14)10-4-9(2-3-11(10)12)16-6-8(15)5-13/h2-4,8,13,15H,5-6,12H2,1H3. The molecule has 0 spiro atoms. The van der Waals surface area contributed by atoms with Gasteiger partial charge in [0, 0.05) is 21.9 Å². The van der Waals surface area contributed by atoms with E-state index in [1.54, 1.807) is 18.2 Å². The molecule has 88 valence electrons. The highest BCUT2D eigenvalue weighted by molar-refractivity contribution is 7.99. The molecule has 1 aromatic rings. The minimum Gasteiger partial charge on any atom is -0.398 e. The quantitative estimate of drug-likeness (QED) is 0.405. The van der Waals surface area contributed by atoms with Crippen LogP contribution in [0.1, 0.15) is 17.3 Å². The van der Waals surface area contributed by atoms with Crippen LogP contribution in [-0.4, -0.2) is 34.5 Å². The van der Waals surface area contributed by atoms with Crippen molar-refractivity contribution >= 4 is 23.2 Å². The summed E-state index contributed by atoms with van der Waals surface area (Å²) in [7, 11) is 0. The third-order valence-electron chi connectivity index (χ3n) is 2.06. The van der Waals surface area contributed by atoms with Crippen LogP contribution in [0.15, 0.2) is 23.1 Å². The summed E-state index contributed by atoms with van der Waals surface area (Å²) in [5.41, 5.74) is 6.60. The Kier molecular flexibility index (Phi) is 4.79. The van der Waals surface area contributed by atoms with Crippen LogP contribution in [0.4, 0.5) is 5.69 Å². The molecular weight excluding hydrogens is 226 g/mol. The Labute approximate surface area is 98.5 Å². The molecule has 0 aliphatic rings. The van der Waals surface area contributed by atoms with Crippen LogP contribution in [0, 0.1) is 0 Å². The number of ketones is 1. The molecule has 1 atom stereocenters. The summed E-state index contributed by atoms with van der Waals surface area (Å²) >= 11 is 1.38.